The molecule has 10 heteroatoms. The van der Waals surface area contributed by atoms with Crippen molar-refractivity contribution in [2.75, 3.05) is 20.2 Å². The summed E-state index contributed by atoms with van der Waals surface area (Å²) in [5, 5.41) is 17.6. The van der Waals surface area contributed by atoms with Crippen LogP contribution in [0.3, 0.4) is 0 Å². The van der Waals surface area contributed by atoms with Crippen LogP contribution < -0.4 is 4.74 Å². The topological polar surface area (TPSA) is 93.0 Å². The second kappa shape index (κ2) is 9.91. The van der Waals surface area contributed by atoms with Crippen LogP contribution >= 0.6 is 11.6 Å². The Hall–Kier alpha value is -3.82. The van der Waals surface area contributed by atoms with Crippen LogP contribution in [0.25, 0.3) is 33.6 Å². The molecule has 5 aromatic rings. The zero-order valence-electron chi connectivity index (χ0n) is 20.1. The van der Waals surface area contributed by atoms with Crippen molar-refractivity contribution in [2.24, 2.45) is 0 Å². The molecule has 4 heterocycles. The molecule has 1 saturated heterocycles. The molecule has 6 rings (SSSR count). The van der Waals surface area contributed by atoms with Crippen molar-refractivity contribution in [1.29, 1.82) is 0 Å². The van der Waals surface area contributed by atoms with Crippen LogP contribution in [0.2, 0.25) is 5.15 Å². The lowest BCUT2D eigenvalue weighted by Crippen LogP contribution is -2.34. The van der Waals surface area contributed by atoms with Crippen molar-refractivity contribution in [3.8, 4) is 28.5 Å². The Kier molecular flexibility index (Phi) is 6.31. The van der Waals surface area contributed by atoms with E-state index >= 15 is 0 Å². The van der Waals surface area contributed by atoms with E-state index < -0.39 is 0 Å². The number of nitrogens with one attached hydrogen (secondary N) is 1. The number of halogens is 2. The van der Waals surface area contributed by atoms with Gasteiger partial charge in [-0.25, -0.2) is 9.37 Å². The fourth-order valence-electron chi connectivity index (χ4n) is 4.94. The number of likely N-dealkylation sites (tertiary alicyclic amines) is 1. The lowest BCUT2D eigenvalue weighted by Gasteiger charge is -2.31. The number of piperidine rings is 1. The summed E-state index contributed by atoms with van der Waals surface area (Å²) in [6, 6.07) is 14.4. The quantitative estimate of drug-likeness (QED) is 0.281. The molecule has 0 spiro atoms. The van der Waals surface area contributed by atoms with Crippen LogP contribution in [-0.2, 0) is 6.54 Å². The fraction of sp³-hybridized carbons (Fsp3) is 0.259. The minimum absolute atomic E-state index is 0.0694. The van der Waals surface area contributed by atoms with Gasteiger partial charge in [-0.05, 0) is 61.9 Å². The Morgan fingerprint density at radius 1 is 1.16 bits per heavy atom. The number of H-pyrrole nitrogens is 1. The molecule has 1 N–H and O–H groups in total. The van der Waals surface area contributed by atoms with Crippen molar-refractivity contribution in [2.45, 2.75) is 25.3 Å². The zero-order valence-corrected chi connectivity index (χ0v) is 20.9. The number of methoxy groups -OCH3 is 1. The average Bonchev–Trinajstić information content (AvgIpc) is 3.57. The number of pyridine rings is 1. The Morgan fingerprint density at radius 3 is 2.95 bits per heavy atom. The molecule has 0 amide bonds. The van der Waals surface area contributed by atoms with Crippen LogP contribution in [0.5, 0.6) is 5.75 Å². The van der Waals surface area contributed by atoms with Crippen LogP contribution in [0.1, 0.15) is 30.2 Å². The first kappa shape index (κ1) is 23.6. The summed E-state index contributed by atoms with van der Waals surface area (Å²) in [7, 11) is 1.56. The van der Waals surface area contributed by atoms with E-state index in [1.807, 2.05) is 24.3 Å². The first-order valence-corrected chi connectivity index (χ1v) is 12.4. The third-order valence-corrected chi connectivity index (χ3v) is 6.99. The molecule has 3 aromatic heterocycles. The minimum atomic E-state index is -0.260. The second-order valence-electron chi connectivity index (χ2n) is 9.14. The van der Waals surface area contributed by atoms with E-state index in [0.717, 1.165) is 47.1 Å². The van der Waals surface area contributed by atoms with E-state index in [-0.39, 0.29) is 11.7 Å². The van der Waals surface area contributed by atoms with Gasteiger partial charge < -0.3 is 9.15 Å². The molecule has 1 fully saturated rings. The van der Waals surface area contributed by atoms with Gasteiger partial charge in [-0.2, -0.15) is 5.10 Å². The Balaban J connectivity index is 1.23. The molecular formula is C27H24ClFN6O2. The number of aromatic nitrogens is 5. The highest BCUT2D eigenvalue weighted by Crippen LogP contribution is 2.33. The summed E-state index contributed by atoms with van der Waals surface area (Å²) in [4.78, 5) is 6.26. The minimum Gasteiger partial charge on any atom is -0.496 e. The van der Waals surface area contributed by atoms with E-state index in [1.165, 1.54) is 6.07 Å². The third-order valence-electron chi connectivity index (χ3n) is 6.78. The SMILES string of the molecule is COc1cccc(F)c1CN1CCCC(c2nnc(-c3ccc4[nH]nc(-c5ccnc(Cl)c5)c4c3)o2)C1. The van der Waals surface area contributed by atoms with Gasteiger partial charge in [0.05, 0.1) is 18.5 Å². The smallest absolute Gasteiger partial charge is 0.247 e. The molecule has 1 atom stereocenters. The van der Waals surface area contributed by atoms with Crippen LogP contribution in [0.4, 0.5) is 4.39 Å². The van der Waals surface area contributed by atoms with Gasteiger partial charge in [0, 0.05) is 41.4 Å². The van der Waals surface area contributed by atoms with Gasteiger partial charge >= 0.3 is 0 Å². The number of nitrogens with zero attached hydrogens (tertiary/aromatic N) is 5. The predicted octanol–water partition coefficient (Wildman–Crippen LogP) is 5.86. The monoisotopic (exact) mass is 518 g/mol. The maximum absolute atomic E-state index is 14.5. The first-order valence-electron chi connectivity index (χ1n) is 12.1. The lowest BCUT2D eigenvalue weighted by atomic mass is 9.97. The first-order chi connectivity index (χ1) is 18.1. The number of aromatic amines is 1. The number of fused-ring (bicyclic) bond motifs is 1. The molecule has 1 aliphatic rings. The highest BCUT2D eigenvalue weighted by Gasteiger charge is 2.27. The van der Waals surface area contributed by atoms with Crippen LogP contribution in [-0.4, -0.2) is 50.5 Å². The van der Waals surface area contributed by atoms with E-state index in [9.17, 15) is 4.39 Å². The van der Waals surface area contributed by atoms with E-state index in [2.05, 4.69) is 30.3 Å². The highest BCUT2D eigenvalue weighted by molar-refractivity contribution is 6.29. The molecule has 188 valence electrons. The number of ether oxygens (including phenoxy) is 1. The standard InChI is InChI=1S/C27H24ClFN6O2/c1-36-23-6-2-5-21(29)20(23)15-35-11-3-4-18(14-35)27-34-33-26(37-27)17-7-8-22-19(12-17)25(32-31-22)16-9-10-30-24(28)13-16/h2,5-10,12-13,18H,3-4,11,14-15H2,1H3,(H,31,32). The second-order valence-corrected chi connectivity index (χ2v) is 9.53. The average molecular weight is 519 g/mol. The molecule has 0 aliphatic carbocycles. The van der Waals surface area contributed by atoms with Crippen LogP contribution in [0.15, 0.2) is 59.1 Å². The number of hydrogen-bond donors (Lipinski definition) is 1. The van der Waals surface area contributed by atoms with Gasteiger partial charge in [0.25, 0.3) is 0 Å². The van der Waals surface area contributed by atoms with E-state index in [4.69, 9.17) is 20.8 Å². The van der Waals surface area contributed by atoms with Crippen molar-refractivity contribution in [3.05, 3.63) is 77.2 Å². The summed E-state index contributed by atoms with van der Waals surface area (Å²) >= 11 is 6.08. The summed E-state index contributed by atoms with van der Waals surface area (Å²) in [5.74, 6) is 1.41. The van der Waals surface area contributed by atoms with Gasteiger partial charge in [-0.1, -0.05) is 17.7 Å². The largest absolute Gasteiger partial charge is 0.496 e. The molecule has 2 aromatic carbocycles. The number of rotatable bonds is 6. The van der Waals surface area contributed by atoms with Crippen molar-refractivity contribution in [3.63, 3.8) is 0 Å². The Bertz CT molecular complexity index is 1570. The van der Waals surface area contributed by atoms with E-state index in [0.29, 0.717) is 41.3 Å². The third kappa shape index (κ3) is 4.68. The molecule has 0 saturated carbocycles. The molecule has 0 radical (unpaired) electrons. The normalized spacial score (nSPS) is 16.4. The molecular weight excluding hydrogens is 495 g/mol. The zero-order chi connectivity index (χ0) is 25.4. The predicted molar refractivity (Wildman–Crippen MR) is 138 cm³/mol. The van der Waals surface area contributed by atoms with Crippen molar-refractivity contribution >= 4 is 22.5 Å². The van der Waals surface area contributed by atoms with Gasteiger partial charge in [-0.3, -0.25) is 10.00 Å². The Morgan fingerprint density at radius 2 is 2.08 bits per heavy atom. The van der Waals surface area contributed by atoms with Gasteiger partial charge in [-0.15, -0.1) is 10.2 Å². The molecule has 37 heavy (non-hydrogen) atoms. The highest BCUT2D eigenvalue weighted by atomic mass is 35.5. The van der Waals surface area contributed by atoms with Gasteiger partial charge in [0.2, 0.25) is 11.8 Å². The summed E-state index contributed by atoms with van der Waals surface area (Å²) in [6.45, 7) is 2.03. The maximum Gasteiger partial charge on any atom is 0.247 e. The number of hydrogen-bond acceptors (Lipinski definition) is 7. The molecule has 1 unspecified atom stereocenters. The van der Waals surface area contributed by atoms with E-state index in [1.54, 1.807) is 31.5 Å². The number of benzene rings is 2. The van der Waals surface area contributed by atoms with Crippen molar-refractivity contribution < 1.29 is 13.5 Å². The Labute approximate surface area is 217 Å². The molecule has 8 nitrogen and oxygen atoms in total. The van der Waals surface area contributed by atoms with Gasteiger partial charge in [0.15, 0.2) is 0 Å². The van der Waals surface area contributed by atoms with Crippen LogP contribution in [0, 0.1) is 5.82 Å². The maximum atomic E-state index is 14.5. The summed E-state index contributed by atoms with van der Waals surface area (Å²) in [5.41, 5.74) is 3.89. The summed E-state index contributed by atoms with van der Waals surface area (Å²) < 4.78 is 26.0. The van der Waals surface area contributed by atoms with Gasteiger partial charge in [0.1, 0.15) is 22.4 Å². The summed E-state index contributed by atoms with van der Waals surface area (Å²) in [6.07, 6.45) is 3.54. The fourth-order valence-corrected chi connectivity index (χ4v) is 5.11. The van der Waals surface area contributed by atoms with Crippen molar-refractivity contribution in [1.82, 2.24) is 30.3 Å². The lowest BCUT2D eigenvalue weighted by molar-refractivity contribution is 0.182. The molecule has 1 aliphatic heterocycles. The molecule has 0 bridgehead atoms.